The van der Waals surface area contributed by atoms with E-state index in [1.165, 1.54) is 24.3 Å². The fourth-order valence-electron chi connectivity index (χ4n) is 1.62. The number of rotatable bonds is 5. The number of hydrogen-bond acceptors (Lipinski definition) is 4. The molecule has 0 atom stereocenters. The lowest BCUT2D eigenvalue weighted by Gasteiger charge is -2.07. The molecule has 0 aliphatic rings. The summed E-state index contributed by atoms with van der Waals surface area (Å²) in [6, 6.07) is 12.5. The number of ether oxygens (including phenoxy) is 1. The highest BCUT2D eigenvalue weighted by atomic mass is 35.5. The predicted molar refractivity (Wildman–Crippen MR) is 83.5 cm³/mol. The minimum atomic E-state index is -3.78. The molecule has 0 aliphatic heterocycles. The van der Waals surface area contributed by atoms with E-state index in [0.29, 0.717) is 10.8 Å². The van der Waals surface area contributed by atoms with Crippen LogP contribution in [0.1, 0.15) is 5.56 Å². The van der Waals surface area contributed by atoms with Crippen molar-refractivity contribution in [3.8, 4) is 5.75 Å². The Kier molecular flexibility index (Phi) is 5.18. The van der Waals surface area contributed by atoms with Crippen LogP contribution in [0.25, 0.3) is 0 Å². The van der Waals surface area contributed by atoms with Crippen LogP contribution >= 0.6 is 11.6 Å². The Labute approximate surface area is 133 Å². The van der Waals surface area contributed by atoms with Gasteiger partial charge >= 0.3 is 5.97 Å². The van der Waals surface area contributed by atoms with Crippen molar-refractivity contribution in [3.63, 3.8) is 0 Å². The SMILES string of the molecule is Cc1ccc(OC(=O)CNS(=O)(=O)c2ccc(Cl)cc2)cc1. The van der Waals surface area contributed by atoms with Crippen LogP contribution in [0.5, 0.6) is 5.75 Å². The highest BCUT2D eigenvalue weighted by Gasteiger charge is 2.16. The third kappa shape index (κ3) is 4.56. The average molecular weight is 340 g/mol. The van der Waals surface area contributed by atoms with Crippen LogP contribution in [-0.2, 0) is 14.8 Å². The van der Waals surface area contributed by atoms with Gasteiger partial charge in [-0.1, -0.05) is 29.3 Å². The van der Waals surface area contributed by atoms with Crippen LogP contribution < -0.4 is 9.46 Å². The van der Waals surface area contributed by atoms with Crippen molar-refractivity contribution in [3.05, 3.63) is 59.1 Å². The number of benzene rings is 2. The Morgan fingerprint density at radius 1 is 1.09 bits per heavy atom. The first-order chi connectivity index (χ1) is 10.4. The monoisotopic (exact) mass is 339 g/mol. The zero-order valence-corrected chi connectivity index (χ0v) is 13.3. The number of esters is 1. The molecule has 2 rings (SSSR count). The van der Waals surface area contributed by atoms with Gasteiger partial charge in [-0.2, -0.15) is 4.72 Å². The lowest BCUT2D eigenvalue weighted by molar-refractivity contribution is -0.133. The molecule has 0 saturated heterocycles. The standard InChI is InChI=1S/C15H14ClNO4S/c1-11-2-6-13(7-3-11)21-15(18)10-17-22(19,20)14-8-4-12(16)5-9-14/h2-9,17H,10H2,1H3. The molecule has 0 fully saturated rings. The minimum absolute atomic E-state index is 0.0278. The van der Waals surface area contributed by atoms with Crippen molar-refractivity contribution in [2.24, 2.45) is 0 Å². The highest BCUT2D eigenvalue weighted by molar-refractivity contribution is 7.89. The Morgan fingerprint density at radius 3 is 2.27 bits per heavy atom. The van der Waals surface area contributed by atoms with Crippen molar-refractivity contribution in [2.75, 3.05) is 6.54 Å². The summed E-state index contributed by atoms with van der Waals surface area (Å²) in [7, 11) is -3.78. The molecule has 5 nitrogen and oxygen atoms in total. The molecule has 2 aromatic carbocycles. The van der Waals surface area contributed by atoms with Gasteiger partial charge in [-0.05, 0) is 43.3 Å². The summed E-state index contributed by atoms with van der Waals surface area (Å²) in [5.41, 5.74) is 1.03. The Balaban J connectivity index is 1.95. The molecular weight excluding hydrogens is 326 g/mol. The number of sulfonamides is 1. The van der Waals surface area contributed by atoms with E-state index in [9.17, 15) is 13.2 Å². The molecule has 1 N–H and O–H groups in total. The van der Waals surface area contributed by atoms with Gasteiger partial charge in [0.25, 0.3) is 0 Å². The number of nitrogens with one attached hydrogen (secondary N) is 1. The molecular formula is C15H14ClNO4S. The van der Waals surface area contributed by atoms with Crippen LogP contribution in [0.15, 0.2) is 53.4 Å². The number of hydrogen-bond donors (Lipinski definition) is 1. The number of aryl methyl sites for hydroxylation is 1. The second kappa shape index (κ2) is 6.91. The maximum absolute atomic E-state index is 12.0. The van der Waals surface area contributed by atoms with Gasteiger partial charge in [-0.3, -0.25) is 4.79 Å². The molecule has 0 bridgehead atoms. The summed E-state index contributed by atoms with van der Waals surface area (Å²) in [4.78, 5) is 11.7. The summed E-state index contributed by atoms with van der Waals surface area (Å²) < 4.78 is 31.2. The van der Waals surface area contributed by atoms with E-state index < -0.39 is 22.5 Å². The van der Waals surface area contributed by atoms with E-state index in [-0.39, 0.29) is 4.90 Å². The maximum atomic E-state index is 12.0. The molecule has 0 aliphatic carbocycles. The van der Waals surface area contributed by atoms with Crippen LogP contribution in [0.3, 0.4) is 0 Å². The topological polar surface area (TPSA) is 72.5 Å². The Bertz CT molecular complexity index is 755. The summed E-state index contributed by atoms with van der Waals surface area (Å²) in [5, 5.41) is 0.428. The van der Waals surface area contributed by atoms with Crippen LogP contribution in [0, 0.1) is 6.92 Å². The first-order valence-electron chi connectivity index (χ1n) is 6.39. The van der Waals surface area contributed by atoms with Crippen LogP contribution in [0.4, 0.5) is 0 Å². The highest BCUT2D eigenvalue weighted by Crippen LogP contribution is 2.14. The Morgan fingerprint density at radius 2 is 1.68 bits per heavy atom. The number of carbonyl (C=O) groups is 1. The van der Waals surface area contributed by atoms with E-state index >= 15 is 0 Å². The second-order valence-corrected chi connectivity index (χ2v) is 6.77. The lowest BCUT2D eigenvalue weighted by Crippen LogP contribution is -2.31. The fraction of sp³-hybridized carbons (Fsp3) is 0.133. The zero-order valence-electron chi connectivity index (χ0n) is 11.7. The number of halogens is 1. The van der Waals surface area contributed by atoms with E-state index in [4.69, 9.17) is 16.3 Å². The molecule has 0 spiro atoms. The third-order valence-corrected chi connectivity index (χ3v) is 4.45. The third-order valence-electron chi connectivity index (χ3n) is 2.78. The summed E-state index contributed by atoms with van der Waals surface area (Å²) >= 11 is 5.70. The smallest absolute Gasteiger partial charge is 0.326 e. The number of carbonyl (C=O) groups excluding carboxylic acids is 1. The largest absolute Gasteiger partial charge is 0.426 e. The van der Waals surface area contributed by atoms with Crippen molar-refractivity contribution < 1.29 is 17.9 Å². The van der Waals surface area contributed by atoms with Gasteiger partial charge in [0.2, 0.25) is 10.0 Å². The van der Waals surface area contributed by atoms with E-state index in [2.05, 4.69) is 4.72 Å². The van der Waals surface area contributed by atoms with Crippen LogP contribution in [-0.4, -0.2) is 20.9 Å². The van der Waals surface area contributed by atoms with Crippen molar-refractivity contribution in [2.45, 2.75) is 11.8 Å². The summed E-state index contributed by atoms with van der Waals surface area (Å²) in [6.07, 6.45) is 0. The molecule has 22 heavy (non-hydrogen) atoms. The second-order valence-electron chi connectivity index (χ2n) is 4.57. The van der Waals surface area contributed by atoms with Gasteiger partial charge in [0.05, 0.1) is 4.90 Å². The van der Waals surface area contributed by atoms with Gasteiger partial charge in [0.15, 0.2) is 0 Å². The zero-order chi connectivity index (χ0) is 16.2. The molecule has 0 saturated carbocycles. The summed E-state index contributed by atoms with van der Waals surface area (Å²) in [5.74, 6) is -0.331. The minimum Gasteiger partial charge on any atom is -0.426 e. The van der Waals surface area contributed by atoms with Crippen molar-refractivity contribution in [1.82, 2.24) is 4.72 Å². The molecule has 0 radical (unpaired) electrons. The van der Waals surface area contributed by atoms with Gasteiger partial charge < -0.3 is 4.74 Å². The van der Waals surface area contributed by atoms with E-state index in [0.717, 1.165) is 5.56 Å². The molecule has 116 valence electrons. The van der Waals surface area contributed by atoms with Gasteiger partial charge in [0, 0.05) is 5.02 Å². The lowest BCUT2D eigenvalue weighted by atomic mass is 10.2. The quantitative estimate of drug-likeness (QED) is 0.671. The first-order valence-corrected chi connectivity index (χ1v) is 8.25. The van der Waals surface area contributed by atoms with Gasteiger partial charge in [-0.25, -0.2) is 8.42 Å². The van der Waals surface area contributed by atoms with Gasteiger partial charge in [0.1, 0.15) is 12.3 Å². The molecule has 7 heteroatoms. The van der Waals surface area contributed by atoms with E-state index in [1.54, 1.807) is 24.3 Å². The van der Waals surface area contributed by atoms with Gasteiger partial charge in [-0.15, -0.1) is 0 Å². The average Bonchev–Trinajstić information content (AvgIpc) is 2.48. The van der Waals surface area contributed by atoms with E-state index in [1.807, 2.05) is 6.92 Å². The first kappa shape index (κ1) is 16.5. The fourth-order valence-corrected chi connectivity index (χ4v) is 2.72. The molecule has 0 aromatic heterocycles. The van der Waals surface area contributed by atoms with Crippen molar-refractivity contribution in [1.29, 1.82) is 0 Å². The molecule has 0 unspecified atom stereocenters. The Hall–Kier alpha value is -1.89. The molecule has 0 heterocycles. The van der Waals surface area contributed by atoms with Crippen molar-refractivity contribution >= 4 is 27.6 Å². The van der Waals surface area contributed by atoms with Crippen LogP contribution in [0.2, 0.25) is 5.02 Å². The normalized spacial score (nSPS) is 11.2. The molecule has 0 amide bonds. The molecule has 2 aromatic rings. The summed E-state index contributed by atoms with van der Waals surface area (Å²) in [6.45, 7) is 1.45. The maximum Gasteiger partial charge on any atom is 0.326 e. The predicted octanol–water partition coefficient (Wildman–Crippen LogP) is 2.53.